The van der Waals surface area contributed by atoms with Gasteiger partial charge < -0.3 is 5.11 Å². The van der Waals surface area contributed by atoms with Crippen LogP contribution in [0.15, 0.2) is 57.9 Å². The molecule has 0 saturated carbocycles. The van der Waals surface area contributed by atoms with Crippen LogP contribution in [0.2, 0.25) is 0 Å². The number of hydrogen-bond donors (Lipinski definition) is 1. The van der Waals surface area contributed by atoms with Crippen LogP contribution in [0.1, 0.15) is 51.2 Å². The SMILES string of the molecule is CCC(C)(C)c1ccc(S(=O)(=O)N2CCC(O)(c3ccc(Br)cc3)CC2)cc1. The van der Waals surface area contributed by atoms with Crippen LogP contribution in [0.4, 0.5) is 0 Å². The van der Waals surface area contributed by atoms with Crippen molar-refractivity contribution >= 4 is 26.0 Å². The van der Waals surface area contributed by atoms with Gasteiger partial charge in [-0.1, -0.05) is 61.0 Å². The molecule has 6 heteroatoms. The number of rotatable bonds is 5. The van der Waals surface area contributed by atoms with Crippen molar-refractivity contribution in [3.05, 3.63) is 64.1 Å². The van der Waals surface area contributed by atoms with Crippen LogP contribution in [0, 0.1) is 0 Å². The van der Waals surface area contributed by atoms with Crippen molar-refractivity contribution in [3.63, 3.8) is 0 Å². The molecule has 3 rings (SSSR count). The molecule has 1 heterocycles. The maximum Gasteiger partial charge on any atom is 0.243 e. The van der Waals surface area contributed by atoms with Crippen molar-refractivity contribution in [1.82, 2.24) is 4.31 Å². The quantitative estimate of drug-likeness (QED) is 0.688. The predicted molar refractivity (Wildman–Crippen MR) is 116 cm³/mol. The topological polar surface area (TPSA) is 57.6 Å². The first-order valence-corrected chi connectivity index (χ1v) is 11.9. The third-order valence-electron chi connectivity index (χ3n) is 6.09. The molecule has 0 amide bonds. The van der Waals surface area contributed by atoms with Crippen LogP contribution < -0.4 is 0 Å². The first-order valence-electron chi connectivity index (χ1n) is 9.68. The molecule has 0 unspecified atom stereocenters. The van der Waals surface area contributed by atoms with Crippen LogP contribution in [0.25, 0.3) is 0 Å². The summed E-state index contributed by atoms with van der Waals surface area (Å²) >= 11 is 3.40. The molecule has 1 N–H and O–H groups in total. The second-order valence-corrected chi connectivity index (χ2v) is 11.1. The molecule has 2 aromatic carbocycles. The zero-order chi connectivity index (χ0) is 20.6. The highest BCUT2D eigenvalue weighted by molar-refractivity contribution is 9.10. The van der Waals surface area contributed by atoms with Gasteiger partial charge in [0.15, 0.2) is 0 Å². The summed E-state index contributed by atoms with van der Waals surface area (Å²) in [5.41, 5.74) is 1.01. The molecule has 0 aromatic heterocycles. The average molecular weight is 466 g/mol. The summed E-state index contributed by atoms with van der Waals surface area (Å²) in [4.78, 5) is 0.317. The standard InChI is InChI=1S/C22H28BrNO3S/c1-4-21(2,3)17-7-11-20(12-8-17)28(26,27)24-15-13-22(25,14-16-24)18-5-9-19(23)10-6-18/h5-12,25H,4,13-16H2,1-3H3. The maximum absolute atomic E-state index is 13.0. The molecule has 0 aliphatic carbocycles. The smallest absolute Gasteiger partial charge is 0.243 e. The van der Waals surface area contributed by atoms with Gasteiger partial charge >= 0.3 is 0 Å². The summed E-state index contributed by atoms with van der Waals surface area (Å²) in [6, 6.07) is 14.8. The van der Waals surface area contributed by atoms with Gasteiger partial charge in [-0.25, -0.2) is 8.42 Å². The highest BCUT2D eigenvalue weighted by atomic mass is 79.9. The first kappa shape index (κ1) is 21.5. The van der Waals surface area contributed by atoms with E-state index >= 15 is 0 Å². The van der Waals surface area contributed by atoms with Crippen LogP contribution in [-0.4, -0.2) is 30.9 Å². The predicted octanol–water partition coefficient (Wildman–Crippen LogP) is 4.81. The molecule has 2 aromatic rings. The van der Waals surface area contributed by atoms with Crippen molar-refractivity contribution in [2.45, 2.75) is 55.9 Å². The lowest BCUT2D eigenvalue weighted by Gasteiger charge is -2.38. The minimum atomic E-state index is -3.56. The fourth-order valence-corrected chi connectivity index (χ4v) is 5.28. The van der Waals surface area contributed by atoms with E-state index in [0.29, 0.717) is 30.8 Å². The Bertz CT molecular complexity index is 913. The Morgan fingerprint density at radius 2 is 1.57 bits per heavy atom. The maximum atomic E-state index is 13.0. The molecule has 4 nitrogen and oxygen atoms in total. The molecule has 0 bridgehead atoms. The van der Waals surface area contributed by atoms with Gasteiger partial charge in [0.25, 0.3) is 0 Å². The van der Waals surface area contributed by atoms with Crippen molar-refractivity contribution in [1.29, 1.82) is 0 Å². The summed E-state index contributed by atoms with van der Waals surface area (Å²) in [5, 5.41) is 11.0. The number of halogens is 1. The summed E-state index contributed by atoms with van der Waals surface area (Å²) in [6.07, 6.45) is 1.75. The van der Waals surface area contributed by atoms with E-state index in [-0.39, 0.29) is 5.41 Å². The highest BCUT2D eigenvalue weighted by Gasteiger charge is 2.38. The van der Waals surface area contributed by atoms with E-state index in [1.807, 2.05) is 36.4 Å². The van der Waals surface area contributed by atoms with Crippen LogP contribution in [0.3, 0.4) is 0 Å². The average Bonchev–Trinajstić information content (AvgIpc) is 2.69. The van der Waals surface area contributed by atoms with Gasteiger partial charge in [-0.15, -0.1) is 0 Å². The summed E-state index contributed by atoms with van der Waals surface area (Å²) in [6.45, 7) is 7.05. The minimum absolute atomic E-state index is 0.0224. The monoisotopic (exact) mass is 465 g/mol. The van der Waals surface area contributed by atoms with Crippen LogP contribution in [0.5, 0.6) is 0 Å². The minimum Gasteiger partial charge on any atom is -0.385 e. The molecule has 1 saturated heterocycles. The molecular weight excluding hydrogens is 438 g/mol. The van der Waals surface area contributed by atoms with Gasteiger partial charge in [-0.3, -0.25) is 0 Å². The Hall–Kier alpha value is -1.21. The summed E-state index contributed by atoms with van der Waals surface area (Å²) in [5.74, 6) is 0. The van der Waals surface area contributed by atoms with Gasteiger partial charge in [0.05, 0.1) is 10.5 Å². The molecule has 0 atom stereocenters. The Labute approximate surface area is 176 Å². The fourth-order valence-electron chi connectivity index (χ4n) is 3.58. The molecule has 0 spiro atoms. The van der Waals surface area contributed by atoms with E-state index in [9.17, 15) is 13.5 Å². The fraction of sp³-hybridized carbons (Fsp3) is 0.455. The third kappa shape index (κ3) is 4.20. The van der Waals surface area contributed by atoms with E-state index < -0.39 is 15.6 Å². The zero-order valence-electron chi connectivity index (χ0n) is 16.7. The number of benzene rings is 2. The lowest BCUT2D eigenvalue weighted by atomic mass is 9.82. The second kappa shape index (κ2) is 7.90. The molecule has 152 valence electrons. The number of sulfonamides is 1. The van der Waals surface area contributed by atoms with Crippen molar-refractivity contribution < 1.29 is 13.5 Å². The third-order valence-corrected chi connectivity index (χ3v) is 8.53. The van der Waals surface area contributed by atoms with E-state index in [4.69, 9.17) is 0 Å². The van der Waals surface area contributed by atoms with Crippen LogP contribution >= 0.6 is 15.9 Å². The van der Waals surface area contributed by atoms with Gasteiger partial charge in [0.2, 0.25) is 10.0 Å². The van der Waals surface area contributed by atoms with Crippen molar-refractivity contribution in [2.75, 3.05) is 13.1 Å². The molecule has 1 fully saturated rings. The largest absolute Gasteiger partial charge is 0.385 e. The Balaban J connectivity index is 1.75. The number of piperidine rings is 1. The Morgan fingerprint density at radius 3 is 2.07 bits per heavy atom. The zero-order valence-corrected chi connectivity index (χ0v) is 19.1. The number of nitrogens with zero attached hydrogens (tertiary/aromatic N) is 1. The van der Waals surface area contributed by atoms with Crippen molar-refractivity contribution in [3.8, 4) is 0 Å². The highest BCUT2D eigenvalue weighted by Crippen LogP contribution is 2.35. The van der Waals surface area contributed by atoms with Crippen molar-refractivity contribution in [2.24, 2.45) is 0 Å². The number of hydrogen-bond acceptors (Lipinski definition) is 3. The Kier molecular flexibility index (Phi) is 6.07. The second-order valence-electron chi connectivity index (χ2n) is 8.20. The van der Waals surface area contributed by atoms with Gasteiger partial charge in [0.1, 0.15) is 0 Å². The number of aliphatic hydroxyl groups is 1. The van der Waals surface area contributed by atoms with Crippen LogP contribution in [-0.2, 0) is 21.0 Å². The molecule has 28 heavy (non-hydrogen) atoms. The molecule has 0 radical (unpaired) electrons. The molecule has 1 aliphatic heterocycles. The molecular formula is C22H28BrNO3S. The van der Waals surface area contributed by atoms with E-state index in [1.165, 1.54) is 4.31 Å². The Morgan fingerprint density at radius 1 is 1.04 bits per heavy atom. The van der Waals surface area contributed by atoms with Gasteiger partial charge in [-0.2, -0.15) is 4.31 Å². The van der Waals surface area contributed by atoms with E-state index in [0.717, 1.165) is 22.0 Å². The first-order chi connectivity index (χ1) is 13.1. The van der Waals surface area contributed by atoms with E-state index in [2.05, 4.69) is 36.7 Å². The van der Waals surface area contributed by atoms with Gasteiger partial charge in [0, 0.05) is 17.6 Å². The van der Waals surface area contributed by atoms with Gasteiger partial charge in [-0.05, 0) is 60.1 Å². The molecule has 1 aliphatic rings. The van der Waals surface area contributed by atoms with E-state index in [1.54, 1.807) is 12.1 Å². The summed E-state index contributed by atoms with van der Waals surface area (Å²) in [7, 11) is -3.56. The normalized spacial score (nSPS) is 18.2. The lowest BCUT2D eigenvalue weighted by molar-refractivity contribution is -0.00962. The lowest BCUT2D eigenvalue weighted by Crippen LogP contribution is -2.45. The summed E-state index contributed by atoms with van der Waals surface area (Å²) < 4.78 is 28.5.